The van der Waals surface area contributed by atoms with Crippen molar-refractivity contribution in [2.75, 3.05) is 6.26 Å². The van der Waals surface area contributed by atoms with E-state index in [9.17, 15) is 13.5 Å². The fourth-order valence-corrected chi connectivity index (χ4v) is 2.78. The molecule has 21 heavy (non-hydrogen) atoms. The topological polar surface area (TPSA) is 66.4 Å². The Morgan fingerprint density at radius 2 is 1.76 bits per heavy atom. The third-order valence-electron chi connectivity index (χ3n) is 3.08. The van der Waals surface area contributed by atoms with Crippen molar-refractivity contribution in [1.29, 1.82) is 0 Å². The van der Waals surface area contributed by atoms with Crippen LogP contribution in [0.15, 0.2) is 47.4 Å². The molecule has 0 unspecified atom stereocenters. The van der Waals surface area contributed by atoms with Crippen molar-refractivity contribution >= 4 is 21.4 Å². The molecule has 0 aliphatic heterocycles. The first-order valence-electron chi connectivity index (χ1n) is 6.34. The van der Waals surface area contributed by atoms with Gasteiger partial charge in [-0.1, -0.05) is 29.8 Å². The molecule has 2 aromatic rings. The molecule has 2 aromatic carbocycles. The van der Waals surface area contributed by atoms with Crippen LogP contribution in [0.5, 0.6) is 5.75 Å². The van der Waals surface area contributed by atoms with Gasteiger partial charge in [0.2, 0.25) is 0 Å². The van der Waals surface area contributed by atoms with Crippen molar-refractivity contribution in [3.63, 3.8) is 0 Å². The van der Waals surface area contributed by atoms with Gasteiger partial charge in [-0.2, -0.15) is 0 Å². The lowest BCUT2D eigenvalue weighted by molar-refractivity contribution is 0.464. The Hall–Kier alpha value is -1.56. The summed E-state index contributed by atoms with van der Waals surface area (Å²) in [5.41, 5.74) is 1.60. The third-order valence-corrected chi connectivity index (χ3v) is 4.56. The SMILES string of the molecule is CS(=O)(=O)c1ccc(CNCc2c(O)cccc2Cl)cc1. The first kappa shape index (κ1) is 15.8. The Bertz CT molecular complexity index is 707. The van der Waals surface area contributed by atoms with Gasteiger partial charge in [0.05, 0.1) is 4.90 Å². The fraction of sp³-hybridized carbons (Fsp3) is 0.200. The highest BCUT2D eigenvalue weighted by Crippen LogP contribution is 2.24. The second-order valence-corrected chi connectivity index (χ2v) is 7.18. The van der Waals surface area contributed by atoms with Gasteiger partial charge in [0.25, 0.3) is 0 Å². The Kier molecular flexibility index (Phi) is 4.88. The van der Waals surface area contributed by atoms with Crippen molar-refractivity contribution in [2.24, 2.45) is 0 Å². The van der Waals surface area contributed by atoms with Crippen LogP contribution < -0.4 is 5.32 Å². The maximum Gasteiger partial charge on any atom is 0.175 e. The first-order chi connectivity index (χ1) is 9.88. The van der Waals surface area contributed by atoms with Gasteiger partial charge in [0, 0.05) is 29.9 Å². The molecule has 6 heteroatoms. The van der Waals surface area contributed by atoms with E-state index in [0.717, 1.165) is 5.56 Å². The van der Waals surface area contributed by atoms with Crippen molar-refractivity contribution in [3.05, 3.63) is 58.6 Å². The summed E-state index contributed by atoms with van der Waals surface area (Å²) >= 11 is 6.02. The molecule has 0 radical (unpaired) electrons. The molecule has 0 atom stereocenters. The summed E-state index contributed by atoms with van der Waals surface area (Å²) in [4.78, 5) is 0.301. The highest BCUT2D eigenvalue weighted by Gasteiger charge is 2.07. The van der Waals surface area contributed by atoms with Crippen molar-refractivity contribution in [3.8, 4) is 5.75 Å². The second kappa shape index (κ2) is 6.47. The van der Waals surface area contributed by atoms with E-state index in [1.807, 2.05) is 0 Å². The highest BCUT2D eigenvalue weighted by atomic mass is 35.5. The molecule has 0 fully saturated rings. The van der Waals surface area contributed by atoms with Crippen molar-refractivity contribution in [1.82, 2.24) is 5.32 Å². The van der Waals surface area contributed by atoms with Crippen LogP contribution in [-0.2, 0) is 22.9 Å². The van der Waals surface area contributed by atoms with Gasteiger partial charge in [-0.15, -0.1) is 0 Å². The minimum Gasteiger partial charge on any atom is -0.508 e. The van der Waals surface area contributed by atoms with Crippen LogP contribution in [0.4, 0.5) is 0 Å². The van der Waals surface area contributed by atoms with E-state index >= 15 is 0 Å². The Balaban J connectivity index is 1.98. The fourth-order valence-electron chi connectivity index (χ4n) is 1.91. The van der Waals surface area contributed by atoms with E-state index in [4.69, 9.17) is 11.6 Å². The number of halogens is 1. The molecule has 0 aliphatic carbocycles. The number of hydrogen-bond acceptors (Lipinski definition) is 4. The zero-order valence-corrected chi connectivity index (χ0v) is 13.1. The normalized spacial score (nSPS) is 11.5. The maximum atomic E-state index is 11.4. The van der Waals surface area contributed by atoms with E-state index in [1.54, 1.807) is 42.5 Å². The molecule has 4 nitrogen and oxygen atoms in total. The van der Waals surface area contributed by atoms with Gasteiger partial charge in [-0.3, -0.25) is 0 Å². The van der Waals surface area contributed by atoms with E-state index < -0.39 is 9.84 Å². The van der Waals surface area contributed by atoms with Crippen LogP contribution in [0.2, 0.25) is 5.02 Å². The summed E-state index contributed by atoms with van der Waals surface area (Å²) in [7, 11) is -3.17. The average Bonchev–Trinajstić information content (AvgIpc) is 2.42. The summed E-state index contributed by atoms with van der Waals surface area (Å²) < 4.78 is 22.7. The Labute approximate surface area is 129 Å². The quantitative estimate of drug-likeness (QED) is 0.887. The molecule has 0 saturated heterocycles. The summed E-state index contributed by atoms with van der Waals surface area (Å²) in [5, 5.41) is 13.4. The summed E-state index contributed by atoms with van der Waals surface area (Å²) in [6.07, 6.45) is 1.18. The predicted octanol–water partition coefficient (Wildman–Crippen LogP) is 2.74. The third kappa shape index (κ3) is 4.20. The zero-order valence-electron chi connectivity index (χ0n) is 11.5. The van der Waals surface area contributed by atoms with Crippen LogP contribution in [0, 0.1) is 0 Å². The minimum absolute atomic E-state index is 0.155. The smallest absolute Gasteiger partial charge is 0.175 e. The van der Waals surface area contributed by atoms with Gasteiger partial charge in [-0.05, 0) is 29.8 Å². The molecule has 112 valence electrons. The van der Waals surface area contributed by atoms with Crippen LogP contribution >= 0.6 is 11.6 Å². The van der Waals surface area contributed by atoms with Crippen LogP contribution in [-0.4, -0.2) is 19.8 Å². The zero-order chi connectivity index (χ0) is 15.5. The molecule has 0 aromatic heterocycles. The van der Waals surface area contributed by atoms with Gasteiger partial charge >= 0.3 is 0 Å². The van der Waals surface area contributed by atoms with Gasteiger partial charge < -0.3 is 10.4 Å². The lowest BCUT2D eigenvalue weighted by atomic mass is 10.2. The van der Waals surface area contributed by atoms with Crippen LogP contribution in [0.1, 0.15) is 11.1 Å². The standard InChI is InChI=1S/C15H16ClNO3S/c1-21(19,20)12-7-5-11(6-8-12)9-17-10-13-14(16)3-2-4-15(13)18/h2-8,17-18H,9-10H2,1H3. The largest absolute Gasteiger partial charge is 0.508 e. The van der Waals surface area contributed by atoms with Crippen molar-refractivity contribution in [2.45, 2.75) is 18.0 Å². The van der Waals surface area contributed by atoms with Gasteiger partial charge in [-0.25, -0.2) is 8.42 Å². The number of sulfone groups is 1. The highest BCUT2D eigenvalue weighted by molar-refractivity contribution is 7.90. The maximum absolute atomic E-state index is 11.4. The molecule has 0 heterocycles. The van der Waals surface area contributed by atoms with Crippen molar-refractivity contribution < 1.29 is 13.5 Å². The Morgan fingerprint density at radius 3 is 2.33 bits per heavy atom. The van der Waals surface area contributed by atoms with E-state index in [0.29, 0.717) is 28.6 Å². The molecule has 0 spiro atoms. The molecular weight excluding hydrogens is 310 g/mol. The number of hydrogen-bond donors (Lipinski definition) is 2. The summed E-state index contributed by atoms with van der Waals surface area (Å²) in [6.45, 7) is 0.980. The van der Waals surface area contributed by atoms with Crippen LogP contribution in [0.25, 0.3) is 0 Å². The minimum atomic E-state index is -3.17. The average molecular weight is 326 g/mol. The number of phenols is 1. The van der Waals surface area contributed by atoms with Gasteiger partial charge in [0.1, 0.15) is 5.75 Å². The molecule has 2 N–H and O–H groups in total. The molecule has 0 amide bonds. The lowest BCUT2D eigenvalue weighted by Crippen LogP contribution is -2.13. The van der Waals surface area contributed by atoms with E-state index in [2.05, 4.69) is 5.32 Å². The predicted molar refractivity (Wildman–Crippen MR) is 83.2 cm³/mol. The number of aromatic hydroxyl groups is 1. The molecule has 2 rings (SSSR count). The molecule has 0 saturated carbocycles. The van der Waals surface area contributed by atoms with Crippen LogP contribution in [0.3, 0.4) is 0 Å². The molecular formula is C15H16ClNO3S. The lowest BCUT2D eigenvalue weighted by Gasteiger charge is -2.09. The molecule has 0 bridgehead atoms. The first-order valence-corrected chi connectivity index (χ1v) is 8.61. The number of benzene rings is 2. The Morgan fingerprint density at radius 1 is 1.10 bits per heavy atom. The summed E-state index contributed by atoms with van der Waals surface area (Å²) in [6, 6.07) is 11.7. The second-order valence-electron chi connectivity index (χ2n) is 4.76. The summed E-state index contributed by atoms with van der Waals surface area (Å²) in [5.74, 6) is 0.155. The number of phenolic OH excluding ortho intramolecular Hbond substituents is 1. The van der Waals surface area contributed by atoms with E-state index in [1.165, 1.54) is 6.26 Å². The number of rotatable bonds is 5. The number of nitrogens with one attached hydrogen (secondary N) is 1. The van der Waals surface area contributed by atoms with Gasteiger partial charge in [0.15, 0.2) is 9.84 Å². The van der Waals surface area contributed by atoms with E-state index in [-0.39, 0.29) is 5.75 Å². The molecule has 0 aliphatic rings. The monoisotopic (exact) mass is 325 g/mol.